The van der Waals surface area contributed by atoms with E-state index in [-0.39, 0.29) is 0 Å². The molecule has 126 valence electrons. The number of urea groups is 1. The molecule has 0 atom stereocenters. The molecule has 0 unspecified atom stereocenters. The van der Waals surface area contributed by atoms with Crippen LogP contribution in [0.15, 0.2) is 17.2 Å². The number of amides is 2. The van der Waals surface area contributed by atoms with E-state index in [0.29, 0.717) is 0 Å². The fourth-order valence-corrected chi connectivity index (χ4v) is 3.69. The number of fused-ring (bicyclic) bond motifs is 3. The average Bonchev–Trinajstić information content (AvgIpc) is 3.06. The van der Waals surface area contributed by atoms with Crippen LogP contribution >= 0.6 is 11.9 Å². The normalized spacial score (nSPS) is 15.5. The molecule has 0 saturated carbocycles. The summed E-state index contributed by atoms with van der Waals surface area (Å²) in [6.45, 7) is 1.56. The van der Waals surface area contributed by atoms with Gasteiger partial charge in [0.15, 0.2) is 0 Å². The molecule has 24 heavy (non-hydrogen) atoms. The van der Waals surface area contributed by atoms with Crippen LogP contribution in [0.4, 0.5) is 10.5 Å². The Labute approximate surface area is 143 Å². The lowest BCUT2D eigenvalue weighted by molar-refractivity contribution is 0.259. The van der Waals surface area contributed by atoms with E-state index in [4.69, 9.17) is 15.6 Å². The molecule has 1 aromatic heterocycles. The zero-order valence-corrected chi connectivity index (χ0v) is 14.0. The molecule has 0 radical (unpaired) electrons. The smallest absolute Gasteiger partial charge is 0.316 e. The van der Waals surface area contributed by atoms with Gasteiger partial charge in [-0.15, -0.1) is 0 Å². The van der Waals surface area contributed by atoms with Crippen LogP contribution < -0.4 is 20.9 Å². The van der Waals surface area contributed by atoms with Crippen LogP contribution in [0, 0.1) is 0 Å². The number of aryl methyl sites for hydroxylation is 2. The standard InChI is InChI=1S/C11H12N2O.C5H7N3OS/c12-11(14)13-10-8-3-1-6(8)5-7-2-4-9(7)10;6-10-4-3-7-8-1-2-9-5(4)8/h5H,1-4H2,(H3,12,13,14);3H,1-2,6H2. The third-order valence-electron chi connectivity index (χ3n) is 4.69. The number of primary amides is 1. The maximum absolute atomic E-state index is 10.9. The number of nitrogens with zero attached hydrogens (tertiary/aromatic N) is 2. The number of hydrogen-bond acceptors (Lipinski definition) is 5. The Morgan fingerprint density at radius 3 is 2.50 bits per heavy atom. The summed E-state index contributed by atoms with van der Waals surface area (Å²) in [4.78, 5) is 11.8. The van der Waals surface area contributed by atoms with Crippen molar-refractivity contribution in [1.29, 1.82) is 0 Å². The van der Waals surface area contributed by atoms with Gasteiger partial charge in [-0.3, -0.25) is 5.14 Å². The second-order valence-electron chi connectivity index (χ2n) is 6.02. The number of nitrogens with one attached hydrogen (secondary N) is 1. The molecule has 5 rings (SSSR count). The first-order valence-corrected chi connectivity index (χ1v) is 8.83. The summed E-state index contributed by atoms with van der Waals surface area (Å²) in [5, 5.41) is 12.2. The van der Waals surface area contributed by atoms with Gasteiger partial charge in [0.1, 0.15) is 11.5 Å². The van der Waals surface area contributed by atoms with E-state index >= 15 is 0 Å². The van der Waals surface area contributed by atoms with Gasteiger partial charge < -0.3 is 15.8 Å². The number of anilines is 1. The number of rotatable bonds is 2. The lowest BCUT2D eigenvalue weighted by Gasteiger charge is -2.31. The van der Waals surface area contributed by atoms with Gasteiger partial charge in [-0.05, 0) is 59.9 Å². The van der Waals surface area contributed by atoms with Crippen LogP contribution in [0.2, 0.25) is 0 Å². The van der Waals surface area contributed by atoms with Gasteiger partial charge in [0.2, 0.25) is 5.88 Å². The molecule has 5 N–H and O–H groups in total. The summed E-state index contributed by atoms with van der Waals surface area (Å²) < 4.78 is 7.07. The fraction of sp³-hybridized carbons (Fsp3) is 0.375. The van der Waals surface area contributed by atoms with Crippen molar-refractivity contribution in [3.05, 3.63) is 34.5 Å². The third-order valence-corrected chi connectivity index (χ3v) is 5.23. The van der Waals surface area contributed by atoms with Gasteiger partial charge in [0.25, 0.3) is 0 Å². The van der Waals surface area contributed by atoms with Crippen molar-refractivity contribution in [1.82, 2.24) is 9.78 Å². The zero-order chi connectivity index (χ0) is 16.7. The summed E-state index contributed by atoms with van der Waals surface area (Å²) in [5.74, 6) is 0.813. The zero-order valence-electron chi connectivity index (χ0n) is 13.2. The minimum Gasteiger partial charge on any atom is -0.475 e. The maximum Gasteiger partial charge on any atom is 0.316 e. The van der Waals surface area contributed by atoms with E-state index in [1.165, 1.54) is 34.2 Å². The van der Waals surface area contributed by atoms with Crippen LogP contribution in [0.25, 0.3) is 0 Å². The molecule has 0 fully saturated rings. The number of benzene rings is 1. The number of carbonyl (C=O) groups is 1. The van der Waals surface area contributed by atoms with Gasteiger partial charge in [-0.1, -0.05) is 6.07 Å². The third kappa shape index (κ3) is 2.51. The molecule has 2 amide bonds. The number of hydrogen-bond donors (Lipinski definition) is 3. The topological polar surface area (TPSA) is 108 Å². The van der Waals surface area contributed by atoms with Crippen molar-refractivity contribution < 1.29 is 9.53 Å². The molecular weight excluding hydrogens is 326 g/mol. The molecular formula is C16H19N5O2S. The minimum absolute atomic E-state index is 0.445. The highest BCUT2D eigenvalue weighted by Crippen LogP contribution is 2.40. The van der Waals surface area contributed by atoms with E-state index < -0.39 is 6.03 Å². The Hall–Kier alpha value is -2.19. The predicted octanol–water partition coefficient (Wildman–Crippen LogP) is 1.62. The van der Waals surface area contributed by atoms with E-state index in [1.54, 1.807) is 6.20 Å². The number of ether oxygens (including phenoxy) is 1. The molecule has 7 nitrogen and oxygen atoms in total. The van der Waals surface area contributed by atoms with Crippen LogP contribution in [-0.2, 0) is 32.2 Å². The van der Waals surface area contributed by atoms with Crippen LogP contribution in [0.5, 0.6) is 5.88 Å². The summed E-state index contributed by atoms with van der Waals surface area (Å²) >= 11 is 1.17. The quantitative estimate of drug-likeness (QED) is 0.717. The first-order valence-electron chi connectivity index (χ1n) is 7.95. The summed E-state index contributed by atoms with van der Waals surface area (Å²) in [5.41, 5.74) is 11.6. The number of carbonyl (C=O) groups excluding carboxylic acids is 1. The second-order valence-corrected chi connectivity index (χ2v) is 6.70. The molecule has 0 spiro atoms. The molecule has 2 heterocycles. The second kappa shape index (κ2) is 6.03. The molecule has 1 aliphatic heterocycles. The van der Waals surface area contributed by atoms with E-state index in [9.17, 15) is 4.79 Å². The van der Waals surface area contributed by atoms with Crippen LogP contribution in [0.1, 0.15) is 22.3 Å². The minimum atomic E-state index is -0.445. The molecule has 0 bridgehead atoms. The molecule has 1 aromatic carbocycles. The number of aromatic nitrogens is 2. The Morgan fingerprint density at radius 2 is 1.96 bits per heavy atom. The lowest BCUT2D eigenvalue weighted by Crippen LogP contribution is -2.27. The van der Waals surface area contributed by atoms with Gasteiger partial charge in [-0.25, -0.2) is 9.48 Å². The highest BCUT2D eigenvalue weighted by molar-refractivity contribution is 7.97. The molecule has 2 aromatic rings. The monoisotopic (exact) mass is 345 g/mol. The van der Waals surface area contributed by atoms with Crippen molar-refractivity contribution in [2.24, 2.45) is 10.9 Å². The van der Waals surface area contributed by atoms with E-state index in [1.807, 2.05) is 4.68 Å². The van der Waals surface area contributed by atoms with Gasteiger partial charge >= 0.3 is 6.03 Å². The average molecular weight is 345 g/mol. The Morgan fingerprint density at radius 1 is 1.25 bits per heavy atom. The summed E-state index contributed by atoms with van der Waals surface area (Å²) in [6.07, 6.45) is 6.18. The fourth-order valence-electron chi connectivity index (χ4n) is 3.32. The van der Waals surface area contributed by atoms with Crippen LogP contribution in [-0.4, -0.2) is 22.4 Å². The number of nitrogens with two attached hydrogens (primary N) is 2. The SMILES string of the molecule is NC(=O)Nc1c2c(cc3c1CC3)CC2.NSc1cnn2c1OCC2. The predicted molar refractivity (Wildman–Crippen MR) is 92.2 cm³/mol. The molecule has 3 aliphatic rings. The van der Waals surface area contributed by atoms with Crippen molar-refractivity contribution >= 4 is 23.7 Å². The van der Waals surface area contributed by atoms with Gasteiger partial charge in [0, 0.05) is 5.69 Å². The molecule has 8 heteroatoms. The maximum atomic E-state index is 10.9. The largest absolute Gasteiger partial charge is 0.475 e. The van der Waals surface area contributed by atoms with E-state index in [2.05, 4.69) is 16.5 Å². The first-order chi connectivity index (χ1) is 11.7. The summed E-state index contributed by atoms with van der Waals surface area (Å²) in [7, 11) is 0. The Kier molecular flexibility index (Phi) is 3.85. The van der Waals surface area contributed by atoms with E-state index in [0.717, 1.165) is 55.3 Å². The highest BCUT2D eigenvalue weighted by Gasteiger charge is 2.27. The molecule has 0 saturated heterocycles. The van der Waals surface area contributed by atoms with Crippen LogP contribution in [0.3, 0.4) is 0 Å². The Balaban J connectivity index is 0.000000129. The van der Waals surface area contributed by atoms with Crippen molar-refractivity contribution in [2.45, 2.75) is 37.1 Å². The highest BCUT2D eigenvalue weighted by atomic mass is 32.2. The van der Waals surface area contributed by atoms with Gasteiger partial charge in [0.05, 0.1) is 12.7 Å². The first kappa shape index (κ1) is 15.3. The summed E-state index contributed by atoms with van der Waals surface area (Å²) in [6, 6.07) is 1.84. The van der Waals surface area contributed by atoms with Gasteiger partial charge in [-0.2, -0.15) is 5.10 Å². The van der Waals surface area contributed by atoms with Crippen molar-refractivity contribution in [2.75, 3.05) is 11.9 Å². The van der Waals surface area contributed by atoms with Crippen molar-refractivity contribution in [3.8, 4) is 5.88 Å². The lowest BCUT2D eigenvalue weighted by atomic mass is 9.76. The van der Waals surface area contributed by atoms with Crippen molar-refractivity contribution in [3.63, 3.8) is 0 Å². The Bertz CT molecular complexity index is 787. The molecule has 2 aliphatic carbocycles.